The molecule has 0 unspecified atom stereocenters. The molecule has 0 radical (unpaired) electrons. The average molecular weight is 359 g/mol. The molecule has 26 heavy (non-hydrogen) atoms. The van der Waals surface area contributed by atoms with Crippen molar-refractivity contribution in [2.75, 3.05) is 0 Å². The van der Waals surface area contributed by atoms with E-state index in [2.05, 4.69) is 10.5 Å². The van der Waals surface area contributed by atoms with E-state index in [1.165, 1.54) is 30.5 Å². The minimum atomic E-state index is -0.894. The molecule has 0 bridgehead atoms. The second-order valence-electron chi connectivity index (χ2n) is 4.80. The Balaban J connectivity index is 2.15. The Labute approximate surface area is 144 Å². The van der Waals surface area contributed by atoms with Gasteiger partial charge < -0.3 is 0 Å². The van der Waals surface area contributed by atoms with Crippen molar-refractivity contribution >= 4 is 29.2 Å². The van der Waals surface area contributed by atoms with Crippen molar-refractivity contribution in [3.8, 4) is 0 Å². The van der Waals surface area contributed by atoms with E-state index < -0.39 is 32.1 Å². The minimum absolute atomic E-state index is 0.116. The van der Waals surface area contributed by atoms with E-state index in [9.17, 15) is 35.1 Å². The number of hydrazone groups is 1. The Morgan fingerprint density at radius 2 is 1.35 bits per heavy atom. The number of nitro groups is 3. The second kappa shape index (κ2) is 7.57. The molecule has 0 heterocycles. The van der Waals surface area contributed by atoms with Crippen LogP contribution in [0, 0.1) is 30.3 Å². The predicted molar refractivity (Wildman–Crippen MR) is 87.9 cm³/mol. The molecule has 2 rings (SSSR count). The van der Waals surface area contributed by atoms with E-state index in [4.69, 9.17) is 0 Å². The van der Waals surface area contributed by atoms with Crippen molar-refractivity contribution < 1.29 is 19.6 Å². The Bertz CT molecular complexity index is 892. The summed E-state index contributed by atoms with van der Waals surface area (Å²) < 4.78 is 0. The fraction of sp³-hybridized carbons (Fsp3) is 0. The van der Waals surface area contributed by atoms with Gasteiger partial charge in [-0.05, 0) is 17.7 Å². The van der Waals surface area contributed by atoms with Gasteiger partial charge in [0.1, 0.15) is 0 Å². The van der Waals surface area contributed by atoms with Crippen LogP contribution >= 0.6 is 0 Å². The molecule has 0 saturated heterocycles. The predicted octanol–water partition coefficient (Wildman–Crippen LogP) is 2.18. The lowest BCUT2D eigenvalue weighted by molar-refractivity contribution is -0.394. The summed E-state index contributed by atoms with van der Waals surface area (Å²) in [4.78, 5) is 41.8. The van der Waals surface area contributed by atoms with Gasteiger partial charge in [-0.3, -0.25) is 35.1 Å². The van der Waals surface area contributed by atoms with Crippen molar-refractivity contribution in [2.45, 2.75) is 0 Å². The summed E-state index contributed by atoms with van der Waals surface area (Å²) in [6, 6.07) is 7.77. The summed E-state index contributed by atoms with van der Waals surface area (Å²) in [5.41, 5.74) is 0.870. The summed E-state index contributed by atoms with van der Waals surface area (Å²) in [6.45, 7) is 0. The minimum Gasteiger partial charge on any atom is -0.267 e. The standard InChI is InChI=1S/C14H9N5O7/c20-14(10-5-12(18(23)24)7-13(6-10)19(25)26)16-15-8-9-1-3-11(4-2-9)17(21)22/h1-8H,(H,16,20)/b15-8-. The molecule has 132 valence electrons. The Hall–Kier alpha value is -4.22. The molecule has 0 fully saturated rings. The largest absolute Gasteiger partial charge is 0.277 e. The first-order valence-electron chi connectivity index (χ1n) is 6.79. The molecule has 0 spiro atoms. The molecule has 1 N–H and O–H groups in total. The average Bonchev–Trinajstić information content (AvgIpc) is 2.61. The van der Waals surface area contributed by atoms with Gasteiger partial charge in [-0.2, -0.15) is 5.10 Å². The zero-order chi connectivity index (χ0) is 19.3. The van der Waals surface area contributed by atoms with Crippen molar-refractivity contribution in [1.82, 2.24) is 5.43 Å². The van der Waals surface area contributed by atoms with Crippen molar-refractivity contribution in [3.05, 3.63) is 83.9 Å². The molecule has 0 aromatic heterocycles. The van der Waals surface area contributed by atoms with Crippen LogP contribution in [-0.4, -0.2) is 26.9 Å². The second-order valence-corrected chi connectivity index (χ2v) is 4.80. The number of carbonyl (C=O) groups is 1. The van der Waals surface area contributed by atoms with Gasteiger partial charge in [-0.1, -0.05) is 0 Å². The lowest BCUT2D eigenvalue weighted by Gasteiger charge is -2.01. The third kappa shape index (κ3) is 4.41. The first-order chi connectivity index (χ1) is 12.3. The van der Waals surface area contributed by atoms with Crippen LogP contribution in [0.5, 0.6) is 0 Å². The molecule has 0 atom stereocenters. The zero-order valence-corrected chi connectivity index (χ0v) is 12.8. The third-order valence-corrected chi connectivity index (χ3v) is 3.07. The lowest BCUT2D eigenvalue weighted by atomic mass is 10.1. The van der Waals surface area contributed by atoms with E-state index in [1.54, 1.807) is 0 Å². The Morgan fingerprint density at radius 1 is 0.846 bits per heavy atom. The van der Waals surface area contributed by atoms with Crippen LogP contribution in [0.25, 0.3) is 0 Å². The Kier molecular flexibility index (Phi) is 5.27. The van der Waals surface area contributed by atoms with E-state index >= 15 is 0 Å². The van der Waals surface area contributed by atoms with E-state index in [0.29, 0.717) is 5.56 Å². The highest BCUT2D eigenvalue weighted by Crippen LogP contribution is 2.22. The summed E-state index contributed by atoms with van der Waals surface area (Å²) in [7, 11) is 0. The molecule has 0 aliphatic carbocycles. The summed E-state index contributed by atoms with van der Waals surface area (Å²) in [5.74, 6) is -0.894. The van der Waals surface area contributed by atoms with Crippen LogP contribution in [0.2, 0.25) is 0 Å². The molecule has 0 saturated carbocycles. The van der Waals surface area contributed by atoms with Crippen LogP contribution in [0.3, 0.4) is 0 Å². The lowest BCUT2D eigenvalue weighted by Crippen LogP contribution is -2.18. The monoisotopic (exact) mass is 359 g/mol. The fourth-order valence-electron chi connectivity index (χ4n) is 1.85. The van der Waals surface area contributed by atoms with Crippen molar-refractivity contribution in [1.29, 1.82) is 0 Å². The van der Waals surface area contributed by atoms with Gasteiger partial charge >= 0.3 is 0 Å². The number of nitrogens with zero attached hydrogens (tertiary/aromatic N) is 4. The maximum Gasteiger partial charge on any atom is 0.277 e. The van der Waals surface area contributed by atoms with E-state index in [-0.39, 0.29) is 11.3 Å². The normalized spacial score (nSPS) is 10.5. The maximum absolute atomic E-state index is 12.0. The van der Waals surface area contributed by atoms with Crippen molar-refractivity contribution in [3.63, 3.8) is 0 Å². The van der Waals surface area contributed by atoms with Crippen LogP contribution in [0.4, 0.5) is 17.1 Å². The van der Waals surface area contributed by atoms with Crippen LogP contribution in [0.15, 0.2) is 47.6 Å². The molecule has 1 amide bonds. The molecule has 12 nitrogen and oxygen atoms in total. The fourth-order valence-corrected chi connectivity index (χ4v) is 1.85. The number of nitro benzene ring substituents is 3. The SMILES string of the molecule is O=C(N/N=C\c1ccc([N+](=O)[O-])cc1)c1cc([N+](=O)[O-])cc([N+](=O)[O-])c1. The summed E-state index contributed by atoms with van der Waals surface area (Å²) >= 11 is 0. The number of rotatable bonds is 6. The number of nitrogens with one attached hydrogen (secondary N) is 1. The molecular formula is C14H9N5O7. The molecule has 0 aliphatic rings. The van der Waals surface area contributed by atoms with Crippen LogP contribution in [-0.2, 0) is 0 Å². The highest BCUT2D eigenvalue weighted by Gasteiger charge is 2.19. The molecular weight excluding hydrogens is 350 g/mol. The number of amides is 1. The molecule has 2 aromatic rings. The van der Waals surface area contributed by atoms with E-state index in [0.717, 1.165) is 18.2 Å². The van der Waals surface area contributed by atoms with Gasteiger partial charge in [0.2, 0.25) is 0 Å². The Morgan fingerprint density at radius 3 is 1.81 bits per heavy atom. The first-order valence-corrected chi connectivity index (χ1v) is 6.79. The van der Waals surface area contributed by atoms with Gasteiger partial charge in [0.25, 0.3) is 23.0 Å². The van der Waals surface area contributed by atoms with Gasteiger partial charge in [0.05, 0.1) is 32.6 Å². The van der Waals surface area contributed by atoms with Gasteiger partial charge in [0, 0.05) is 24.3 Å². The molecule has 2 aromatic carbocycles. The molecule has 12 heteroatoms. The van der Waals surface area contributed by atoms with Gasteiger partial charge in [0.15, 0.2) is 0 Å². The van der Waals surface area contributed by atoms with Gasteiger partial charge in [-0.25, -0.2) is 5.43 Å². The summed E-state index contributed by atoms with van der Waals surface area (Å²) in [5, 5.41) is 35.7. The molecule has 0 aliphatic heterocycles. The topological polar surface area (TPSA) is 171 Å². The number of non-ortho nitro benzene ring substituents is 3. The highest BCUT2D eigenvalue weighted by molar-refractivity contribution is 5.96. The number of hydrogen-bond donors (Lipinski definition) is 1. The van der Waals surface area contributed by atoms with Crippen LogP contribution in [0.1, 0.15) is 15.9 Å². The number of benzene rings is 2. The third-order valence-electron chi connectivity index (χ3n) is 3.07. The number of carbonyl (C=O) groups excluding carboxylic acids is 1. The van der Waals surface area contributed by atoms with Crippen LogP contribution < -0.4 is 5.43 Å². The van der Waals surface area contributed by atoms with E-state index in [1.807, 2.05) is 0 Å². The first kappa shape index (κ1) is 18.1. The van der Waals surface area contributed by atoms with Crippen molar-refractivity contribution in [2.24, 2.45) is 5.10 Å². The highest BCUT2D eigenvalue weighted by atomic mass is 16.6. The zero-order valence-electron chi connectivity index (χ0n) is 12.8. The maximum atomic E-state index is 12.0. The number of hydrogen-bond acceptors (Lipinski definition) is 8. The quantitative estimate of drug-likeness (QED) is 0.467. The van der Waals surface area contributed by atoms with Gasteiger partial charge in [-0.15, -0.1) is 0 Å². The summed E-state index contributed by atoms with van der Waals surface area (Å²) in [6.07, 6.45) is 1.19. The smallest absolute Gasteiger partial charge is 0.267 e.